The lowest BCUT2D eigenvalue weighted by molar-refractivity contribution is 0.0922. The summed E-state index contributed by atoms with van der Waals surface area (Å²) in [6, 6.07) is 2.59. The fourth-order valence-corrected chi connectivity index (χ4v) is 1.97. The molecule has 0 amide bonds. The third-order valence-corrected chi connectivity index (χ3v) is 3.02. The van der Waals surface area contributed by atoms with E-state index < -0.39 is 0 Å². The molecule has 0 bridgehead atoms. The Kier molecular flexibility index (Phi) is 3.38. The first kappa shape index (κ1) is 10.6. The zero-order chi connectivity index (χ0) is 10.7. The molecule has 1 heterocycles. The van der Waals surface area contributed by atoms with Crippen molar-refractivity contribution in [2.45, 2.75) is 38.8 Å². The van der Waals surface area contributed by atoms with Crippen LogP contribution in [0.1, 0.15) is 30.7 Å². The standard InChI is InChI=1S/C11H18N2O2/c1-9-7-10(12-15-9)8-13(5-6-14)11-3-2-4-11/h7,11,14H,2-6,8H2,1H3. The van der Waals surface area contributed by atoms with Crippen LogP contribution in [-0.2, 0) is 6.54 Å². The van der Waals surface area contributed by atoms with Gasteiger partial charge in [0.1, 0.15) is 5.76 Å². The summed E-state index contributed by atoms with van der Waals surface area (Å²) < 4.78 is 5.04. The van der Waals surface area contributed by atoms with Gasteiger partial charge in [0, 0.05) is 25.2 Å². The van der Waals surface area contributed by atoms with Gasteiger partial charge in [-0.15, -0.1) is 0 Å². The molecular formula is C11H18N2O2. The molecule has 0 radical (unpaired) electrons. The second kappa shape index (κ2) is 4.77. The summed E-state index contributed by atoms with van der Waals surface area (Å²) >= 11 is 0. The number of aryl methyl sites for hydroxylation is 1. The van der Waals surface area contributed by atoms with E-state index in [0.29, 0.717) is 6.04 Å². The minimum atomic E-state index is 0.216. The molecule has 4 nitrogen and oxygen atoms in total. The molecule has 1 N–H and O–H groups in total. The van der Waals surface area contributed by atoms with Crippen LogP contribution >= 0.6 is 0 Å². The number of rotatable bonds is 5. The van der Waals surface area contributed by atoms with Crippen LogP contribution < -0.4 is 0 Å². The van der Waals surface area contributed by atoms with Crippen molar-refractivity contribution in [2.24, 2.45) is 0 Å². The van der Waals surface area contributed by atoms with Crippen LogP contribution in [0.25, 0.3) is 0 Å². The SMILES string of the molecule is Cc1cc(CN(CCO)C2CCC2)no1. The maximum atomic E-state index is 9.00. The Hall–Kier alpha value is -0.870. The molecule has 1 aliphatic carbocycles. The number of nitrogens with zero attached hydrogens (tertiary/aromatic N) is 2. The molecule has 1 aliphatic rings. The Balaban J connectivity index is 1.93. The number of hydrogen-bond acceptors (Lipinski definition) is 4. The van der Waals surface area contributed by atoms with Crippen molar-refractivity contribution in [3.63, 3.8) is 0 Å². The average Bonchev–Trinajstić information content (AvgIpc) is 2.48. The third kappa shape index (κ3) is 2.58. The van der Waals surface area contributed by atoms with Crippen molar-refractivity contribution in [3.05, 3.63) is 17.5 Å². The molecule has 0 atom stereocenters. The average molecular weight is 210 g/mol. The van der Waals surface area contributed by atoms with Crippen LogP contribution in [0.15, 0.2) is 10.6 Å². The van der Waals surface area contributed by atoms with E-state index in [-0.39, 0.29) is 6.61 Å². The fraction of sp³-hybridized carbons (Fsp3) is 0.727. The topological polar surface area (TPSA) is 49.5 Å². The van der Waals surface area contributed by atoms with Crippen molar-refractivity contribution in [3.8, 4) is 0 Å². The van der Waals surface area contributed by atoms with E-state index in [1.807, 2.05) is 13.0 Å². The van der Waals surface area contributed by atoms with Crippen molar-refractivity contribution in [2.75, 3.05) is 13.2 Å². The van der Waals surface area contributed by atoms with Crippen molar-refractivity contribution in [1.82, 2.24) is 10.1 Å². The van der Waals surface area contributed by atoms with E-state index in [4.69, 9.17) is 9.63 Å². The zero-order valence-corrected chi connectivity index (χ0v) is 9.15. The molecule has 1 saturated carbocycles. The van der Waals surface area contributed by atoms with Crippen molar-refractivity contribution >= 4 is 0 Å². The smallest absolute Gasteiger partial charge is 0.133 e. The zero-order valence-electron chi connectivity index (χ0n) is 9.15. The van der Waals surface area contributed by atoms with Gasteiger partial charge in [-0.1, -0.05) is 11.6 Å². The Labute approximate surface area is 89.9 Å². The largest absolute Gasteiger partial charge is 0.395 e. The summed E-state index contributed by atoms with van der Waals surface area (Å²) in [5.41, 5.74) is 0.966. The van der Waals surface area contributed by atoms with E-state index in [1.165, 1.54) is 19.3 Å². The summed E-state index contributed by atoms with van der Waals surface area (Å²) in [6.45, 7) is 3.64. The van der Waals surface area contributed by atoms with Gasteiger partial charge in [-0.05, 0) is 19.8 Å². The molecule has 15 heavy (non-hydrogen) atoms. The Morgan fingerprint density at radius 3 is 2.87 bits per heavy atom. The van der Waals surface area contributed by atoms with Gasteiger partial charge in [-0.25, -0.2) is 0 Å². The monoisotopic (exact) mass is 210 g/mol. The second-order valence-corrected chi connectivity index (χ2v) is 4.21. The number of hydrogen-bond donors (Lipinski definition) is 1. The lowest BCUT2D eigenvalue weighted by Crippen LogP contribution is -2.41. The molecular weight excluding hydrogens is 192 g/mol. The second-order valence-electron chi connectivity index (χ2n) is 4.21. The van der Waals surface area contributed by atoms with Crippen molar-refractivity contribution < 1.29 is 9.63 Å². The van der Waals surface area contributed by atoms with Gasteiger partial charge in [-0.3, -0.25) is 4.90 Å². The van der Waals surface area contributed by atoms with E-state index in [9.17, 15) is 0 Å². The highest BCUT2D eigenvalue weighted by Crippen LogP contribution is 2.25. The maximum absolute atomic E-state index is 9.00. The summed E-state index contributed by atoms with van der Waals surface area (Å²) in [4.78, 5) is 2.29. The predicted molar refractivity (Wildman–Crippen MR) is 56.4 cm³/mol. The molecule has 0 aliphatic heterocycles. The molecule has 4 heteroatoms. The molecule has 84 valence electrons. The van der Waals surface area contributed by atoms with E-state index in [0.717, 1.165) is 24.5 Å². The fourth-order valence-electron chi connectivity index (χ4n) is 1.97. The minimum absolute atomic E-state index is 0.216. The van der Waals surface area contributed by atoms with Gasteiger partial charge in [0.2, 0.25) is 0 Å². The summed E-state index contributed by atoms with van der Waals surface area (Å²) in [7, 11) is 0. The molecule has 1 aromatic rings. The normalized spacial score (nSPS) is 17.0. The highest BCUT2D eigenvalue weighted by molar-refractivity contribution is 5.03. The first-order valence-corrected chi connectivity index (χ1v) is 5.56. The first-order chi connectivity index (χ1) is 7.29. The van der Waals surface area contributed by atoms with Crippen LogP contribution in [-0.4, -0.2) is 34.4 Å². The molecule has 0 saturated heterocycles. The molecule has 0 unspecified atom stereocenters. The molecule has 0 spiro atoms. The van der Waals surface area contributed by atoms with Crippen LogP contribution in [0, 0.1) is 6.92 Å². The van der Waals surface area contributed by atoms with Gasteiger partial charge < -0.3 is 9.63 Å². The van der Waals surface area contributed by atoms with E-state index >= 15 is 0 Å². The van der Waals surface area contributed by atoms with Crippen LogP contribution in [0.2, 0.25) is 0 Å². The predicted octanol–water partition coefficient (Wildman–Crippen LogP) is 1.33. The lowest BCUT2D eigenvalue weighted by Gasteiger charge is -2.36. The first-order valence-electron chi connectivity index (χ1n) is 5.56. The summed E-state index contributed by atoms with van der Waals surface area (Å²) in [5, 5.41) is 13.0. The third-order valence-electron chi connectivity index (χ3n) is 3.02. The Bertz CT molecular complexity index is 307. The number of aromatic nitrogens is 1. The van der Waals surface area contributed by atoms with Crippen LogP contribution in [0.5, 0.6) is 0 Å². The van der Waals surface area contributed by atoms with Gasteiger partial charge >= 0.3 is 0 Å². The molecule has 2 rings (SSSR count). The van der Waals surface area contributed by atoms with Gasteiger partial charge in [0.25, 0.3) is 0 Å². The van der Waals surface area contributed by atoms with Crippen molar-refractivity contribution in [1.29, 1.82) is 0 Å². The molecule has 1 aromatic heterocycles. The number of aliphatic hydroxyl groups is 1. The minimum Gasteiger partial charge on any atom is -0.395 e. The van der Waals surface area contributed by atoms with E-state index in [2.05, 4.69) is 10.1 Å². The lowest BCUT2D eigenvalue weighted by atomic mass is 9.91. The quantitative estimate of drug-likeness (QED) is 0.796. The molecule has 0 aromatic carbocycles. The summed E-state index contributed by atoms with van der Waals surface area (Å²) in [5.74, 6) is 0.850. The van der Waals surface area contributed by atoms with Gasteiger partial charge in [-0.2, -0.15) is 0 Å². The van der Waals surface area contributed by atoms with E-state index in [1.54, 1.807) is 0 Å². The van der Waals surface area contributed by atoms with Gasteiger partial charge in [0.15, 0.2) is 0 Å². The summed E-state index contributed by atoms with van der Waals surface area (Å²) in [6.07, 6.45) is 3.80. The Morgan fingerprint density at radius 2 is 2.40 bits per heavy atom. The Morgan fingerprint density at radius 1 is 1.60 bits per heavy atom. The highest BCUT2D eigenvalue weighted by Gasteiger charge is 2.25. The molecule has 1 fully saturated rings. The van der Waals surface area contributed by atoms with Crippen LogP contribution in [0.4, 0.5) is 0 Å². The van der Waals surface area contributed by atoms with Crippen LogP contribution in [0.3, 0.4) is 0 Å². The van der Waals surface area contributed by atoms with Gasteiger partial charge in [0.05, 0.1) is 12.3 Å². The number of aliphatic hydroxyl groups excluding tert-OH is 1. The highest BCUT2D eigenvalue weighted by atomic mass is 16.5. The maximum Gasteiger partial charge on any atom is 0.133 e.